The Bertz CT molecular complexity index is 551. The Balaban J connectivity index is 2.24. The molecule has 1 nitrogen and oxygen atoms in total. The quantitative estimate of drug-likeness (QED) is 0.785. The SMILES string of the molecule is C=C1C(=C)C(=C)C(NC2C=CC=CC2=C)C(=C)C1=C. The first kappa shape index (κ1) is 13.3. The van der Waals surface area contributed by atoms with Gasteiger partial charge in [0.2, 0.25) is 0 Å². The minimum absolute atomic E-state index is 0.0663. The van der Waals surface area contributed by atoms with E-state index in [2.05, 4.69) is 50.9 Å². The lowest BCUT2D eigenvalue weighted by atomic mass is 9.77. The van der Waals surface area contributed by atoms with E-state index in [0.717, 1.165) is 33.4 Å². The van der Waals surface area contributed by atoms with Crippen molar-refractivity contribution >= 4 is 0 Å². The summed E-state index contributed by atoms with van der Waals surface area (Å²) in [6, 6.07) is 0.0128. The monoisotopic (exact) mass is 249 g/mol. The standard InChI is InChI=1S/C18H19N/c1-11-9-7-8-10-17(11)19-18-15(5)13(3)12(2)14(4)16(18)6/h7-10,17-19H,1-6H2. The van der Waals surface area contributed by atoms with E-state index in [4.69, 9.17) is 0 Å². The topological polar surface area (TPSA) is 12.0 Å². The van der Waals surface area contributed by atoms with Crippen LogP contribution < -0.4 is 5.32 Å². The van der Waals surface area contributed by atoms with Crippen molar-refractivity contribution in [1.29, 1.82) is 0 Å². The highest BCUT2D eigenvalue weighted by atomic mass is 15.0. The van der Waals surface area contributed by atoms with Gasteiger partial charge in [0.15, 0.2) is 0 Å². The second-order valence-corrected chi connectivity index (χ2v) is 4.88. The first-order chi connectivity index (χ1) is 8.93. The van der Waals surface area contributed by atoms with Gasteiger partial charge in [0.1, 0.15) is 0 Å². The molecule has 0 heterocycles. The molecule has 1 fully saturated rings. The summed E-state index contributed by atoms with van der Waals surface area (Å²) in [5.41, 5.74) is 5.33. The van der Waals surface area contributed by atoms with E-state index in [9.17, 15) is 0 Å². The molecule has 1 unspecified atom stereocenters. The number of hydrogen-bond acceptors (Lipinski definition) is 1. The fourth-order valence-corrected chi connectivity index (χ4v) is 2.25. The van der Waals surface area contributed by atoms with E-state index >= 15 is 0 Å². The Morgan fingerprint density at radius 2 is 1.37 bits per heavy atom. The number of hydrogen-bond donors (Lipinski definition) is 1. The van der Waals surface area contributed by atoms with Gasteiger partial charge in [-0.15, -0.1) is 0 Å². The van der Waals surface area contributed by atoms with Crippen molar-refractivity contribution < 1.29 is 0 Å². The first-order valence-corrected chi connectivity index (χ1v) is 6.19. The van der Waals surface area contributed by atoms with Crippen LogP contribution in [0.15, 0.2) is 97.2 Å². The lowest BCUT2D eigenvalue weighted by molar-refractivity contribution is 0.607. The van der Waals surface area contributed by atoms with Gasteiger partial charge in [-0.25, -0.2) is 0 Å². The average molecular weight is 249 g/mol. The van der Waals surface area contributed by atoms with Crippen LogP contribution in [0, 0.1) is 0 Å². The summed E-state index contributed by atoms with van der Waals surface area (Å²) in [5.74, 6) is 0. The van der Waals surface area contributed by atoms with Crippen molar-refractivity contribution in [2.24, 2.45) is 0 Å². The minimum atomic E-state index is -0.0663. The third kappa shape index (κ3) is 2.25. The largest absolute Gasteiger partial charge is 0.296 e. The number of allylic oxidation sites excluding steroid dienone is 3. The molecule has 19 heavy (non-hydrogen) atoms. The first-order valence-electron chi connectivity index (χ1n) is 6.19. The molecule has 2 rings (SSSR count). The summed E-state index contributed by atoms with van der Waals surface area (Å²) in [4.78, 5) is 0. The molecule has 1 saturated carbocycles. The second-order valence-electron chi connectivity index (χ2n) is 4.88. The van der Waals surface area contributed by atoms with Gasteiger partial charge in [-0.3, -0.25) is 5.32 Å². The van der Waals surface area contributed by atoms with Crippen LogP contribution in [0.5, 0.6) is 0 Å². The van der Waals surface area contributed by atoms with Crippen LogP contribution in [0.1, 0.15) is 0 Å². The number of rotatable bonds is 2. The Kier molecular flexibility index (Phi) is 3.41. The lowest BCUT2D eigenvalue weighted by Crippen LogP contribution is -2.43. The minimum Gasteiger partial charge on any atom is -0.296 e. The van der Waals surface area contributed by atoms with Gasteiger partial charge in [0.05, 0.1) is 12.1 Å². The van der Waals surface area contributed by atoms with Gasteiger partial charge in [0, 0.05) is 0 Å². The Labute approximate surface area is 115 Å². The zero-order valence-electron chi connectivity index (χ0n) is 11.2. The van der Waals surface area contributed by atoms with Crippen molar-refractivity contribution in [2.75, 3.05) is 0 Å². The Morgan fingerprint density at radius 3 is 1.89 bits per heavy atom. The number of nitrogens with one attached hydrogen (secondary N) is 1. The normalized spacial score (nSPS) is 24.5. The summed E-state index contributed by atoms with van der Waals surface area (Å²) in [6.45, 7) is 24.3. The van der Waals surface area contributed by atoms with E-state index in [1.54, 1.807) is 0 Å². The second kappa shape index (κ2) is 4.87. The molecular formula is C18H19N. The molecular weight excluding hydrogens is 230 g/mol. The molecule has 0 aromatic rings. The van der Waals surface area contributed by atoms with Gasteiger partial charge in [-0.1, -0.05) is 63.8 Å². The fraction of sp³-hybridized carbons (Fsp3) is 0.111. The van der Waals surface area contributed by atoms with Crippen molar-refractivity contribution in [3.05, 3.63) is 97.2 Å². The third-order valence-electron chi connectivity index (χ3n) is 3.67. The van der Waals surface area contributed by atoms with Crippen molar-refractivity contribution in [2.45, 2.75) is 12.1 Å². The molecule has 2 aliphatic rings. The summed E-state index contributed by atoms with van der Waals surface area (Å²) in [5, 5.41) is 3.49. The maximum absolute atomic E-state index is 4.11. The summed E-state index contributed by atoms with van der Waals surface area (Å²) < 4.78 is 0. The van der Waals surface area contributed by atoms with Crippen LogP contribution in [0.2, 0.25) is 0 Å². The molecule has 0 bridgehead atoms. The van der Waals surface area contributed by atoms with Crippen LogP contribution in [0.25, 0.3) is 0 Å². The maximum atomic E-state index is 4.11. The molecule has 0 amide bonds. The fourth-order valence-electron chi connectivity index (χ4n) is 2.25. The predicted octanol–water partition coefficient (Wildman–Crippen LogP) is 3.79. The summed E-state index contributed by atoms with van der Waals surface area (Å²) >= 11 is 0. The Hall–Kier alpha value is -2.12. The van der Waals surface area contributed by atoms with Gasteiger partial charge < -0.3 is 0 Å². The van der Waals surface area contributed by atoms with E-state index < -0.39 is 0 Å². The van der Waals surface area contributed by atoms with Gasteiger partial charge >= 0.3 is 0 Å². The molecule has 0 aromatic carbocycles. The van der Waals surface area contributed by atoms with Crippen molar-refractivity contribution in [3.8, 4) is 0 Å². The summed E-state index contributed by atoms with van der Waals surface area (Å²) in [7, 11) is 0. The zero-order chi connectivity index (χ0) is 14.2. The van der Waals surface area contributed by atoms with Gasteiger partial charge in [0.25, 0.3) is 0 Å². The van der Waals surface area contributed by atoms with E-state index in [0.29, 0.717) is 0 Å². The smallest absolute Gasteiger partial charge is 0.0583 e. The molecule has 96 valence electrons. The van der Waals surface area contributed by atoms with Crippen molar-refractivity contribution in [1.82, 2.24) is 5.32 Å². The van der Waals surface area contributed by atoms with Crippen LogP contribution in [-0.2, 0) is 0 Å². The molecule has 1 N–H and O–H groups in total. The van der Waals surface area contributed by atoms with E-state index in [1.165, 1.54) is 0 Å². The third-order valence-corrected chi connectivity index (χ3v) is 3.67. The molecule has 0 saturated heterocycles. The summed E-state index contributed by atoms with van der Waals surface area (Å²) in [6.07, 6.45) is 8.04. The van der Waals surface area contributed by atoms with Crippen LogP contribution in [-0.4, -0.2) is 12.1 Å². The lowest BCUT2D eigenvalue weighted by Gasteiger charge is -2.35. The molecule has 0 spiro atoms. The van der Waals surface area contributed by atoms with E-state index in [1.807, 2.05) is 18.2 Å². The highest BCUT2D eigenvalue weighted by molar-refractivity contribution is 5.67. The van der Waals surface area contributed by atoms with Crippen LogP contribution in [0.3, 0.4) is 0 Å². The molecule has 0 aromatic heterocycles. The molecule has 0 aliphatic heterocycles. The van der Waals surface area contributed by atoms with E-state index in [-0.39, 0.29) is 12.1 Å². The zero-order valence-corrected chi connectivity index (χ0v) is 11.2. The predicted molar refractivity (Wildman–Crippen MR) is 83.8 cm³/mol. The molecule has 1 heteroatoms. The molecule has 2 aliphatic carbocycles. The van der Waals surface area contributed by atoms with Crippen LogP contribution in [0.4, 0.5) is 0 Å². The van der Waals surface area contributed by atoms with Gasteiger partial charge in [-0.05, 0) is 33.4 Å². The van der Waals surface area contributed by atoms with Crippen molar-refractivity contribution in [3.63, 3.8) is 0 Å². The van der Waals surface area contributed by atoms with Gasteiger partial charge in [-0.2, -0.15) is 0 Å². The Morgan fingerprint density at radius 1 is 0.789 bits per heavy atom. The maximum Gasteiger partial charge on any atom is 0.0583 e. The molecule has 0 radical (unpaired) electrons. The molecule has 1 atom stereocenters. The highest BCUT2D eigenvalue weighted by Gasteiger charge is 2.30. The highest BCUT2D eigenvalue weighted by Crippen LogP contribution is 2.37. The van der Waals surface area contributed by atoms with Crippen LogP contribution >= 0.6 is 0 Å². The average Bonchev–Trinajstić information content (AvgIpc) is 2.41.